The van der Waals surface area contributed by atoms with Crippen molar-refractivity contribution in [2.24, 2.45) is 0 Å². The molecule has 7 heteroatoms. The molecule has 6 nitrogen and oxygen atoms in total. The lowest BCUT2D eigenvalue weighted by Gasteiger charge is -2.22. The van der Waals surface area contributed by atoms with Crippen LogP contribution in [0.3, 0.4) is 0 Å². The summed E-state index contributed by atoms with van der Waals surface area (Å²) in [6.07, 6.45) is 5.02. The number of hydrogen-bond donors (Lipinski definition) is 0. The summed E-state index contributed by atoms with van der Waals surface area (Å²) in [4.78, 5) is 29.8. The highest BCUT2D eigenvalue weighted by molar-refractivity contribution is 7.18. The van der Waals surface area contributed by atoms with Gasteiger partial charge in [0.05, 0.1) is 5.39 Å². The number of para-hydroxylation sites is 1. The van der Waals surface area contributed by atoms with Gasteiger partial charge in [-0.15, -0.1) is 16.4 Å². The Labute approximate surface area is 160 Å². The van der Waals surface area contributed by atoms with E-state index in [4.69, 9.17) is 0 Å². The maximum Gasteiger partial charge on any atom is 0.279 e. The second-order valence-electron chi connectivity index (χ2n) is 7.39. The Bertz CT molecular complexity index is 1120. The second-order valence-corrected chi connectivity index (χ2v) is 8.47. The van der Waals surface area contributed by atoms with E-state index >= 15 is 0 Å². The van der Waals surface area contributed by atoms with E-state index in [1.54, 1.807) is 16.2 Å². The molecule has 0 spiro atoms. The van der Waals surface area contributed by atoms with Crippen LogP contribution in [0, 0.1) is 0 Å². The standard InChI is InChI=1S/C20H20N4O2S/c1-12-10-13-6-2-4-8-15(13)24(12)17(25)11-23-20(26)18-14-7-3-5-9-16(14)27-19(18)21-22-23/h2,4,6,8,12H,3,5,7,9-11H2,1H3. The molecule has 0 radical (unpaired) electrons. The SMILES string of the molecule is CC1Cc2ccccc2N1C(=O)Cn1nnc2sc3c(c2c1=O)CCCC3. The number of carbonyl (C=O) groups excluding carboxylic acids is 1. The first kappa shape index (κ1) is 16.6. The van der Waals surface area contributed by atoms with Gasteiger partial charge in [0.25, 0.3) is 5.56 Å². The molecule has 0 N–H and O–H groups in total. The summed E-state index contributed by atoms with van der Waals surface area (Å²) < 4.78 is 1.24. The second kappa shape index (κ2) is 6.27. The molecule has 1 unspecified atom stereocenters. The summed E-state index contributed by atoms with van der Waals surface area (Å²) in [5.41, 5.74) is 3.04. The molecule has 0 saturated heterocycles. The highest BCUT2D eigenvalue weighted by atomic mass is 32.1. The lowest BCUT2D eigenvalue weighted by Crippen LogP contribution is -2.40. The predicted molar refractivity (Wildman–Crippen MR) is 105 cm³/mol. The fourth-order valence-electron chi connectivity index (χ4n) is 4.36. The van der Waals surface area contributed by atoms with Crippen LogP contribution in [0.4, 0.5) is 5.69 Å². The molecular formula is C20H20N4O2S. The van der Waals surface area contributed by atoms with E-state index in [-0.39, 0.29) is 24.1 Å². The van der Waals surface area contributed by atoms with Crippen LogP contribution in [0.15, 0.2) is 29.1 Å². The molecule has 1 amide bonds. The molecule has 1 aliphatic carbocycles. The van der Waals surface area contributed by atoms with Gasteiger partial charge in [0.15, 0.2) is 4.83 Å². The minimum absolute atomic E-state index is 0.0783. The normalized spacial score (nSPS) is 18.6. The van der Waals surface area contributed by atoms with Crippen molar-refractivity contribution in [1.29, 1.82) is 0 Å². The molecule has 27 heavy (non-hydrogen) atoms. The van der Waals surface area contributed by atoms with Crippen LogP contribution in [0.25, 0.3) is 10.2 Å². The minimum Gasteiger partial charge on any atom is -0.307 e. The number of fused-ring (bicyclic) bond motifs is 4. The zero-order valence-corrected chi connectivity index (χ0v) is 16.0. The van der Waals surface area contributed by atoms with Crippen LogP contribution < -0.4 is 10.5 Å². The largest absolute Gasteiger partial charge is 0.307 e. The van der Waals surface area contributed by atoms with Gasteiger partial charge in [-0.1, -0.05) is 23.4 Å². The van der Waals surface area contributed by atoms with Crippen molar-refractivity contribution in [1.82, 2.24) is 15.0 Å². The summed E-state index contributed by atoms with van der Waals surface area (Å²) in [5, 5.41) is 8.98. The Hall–Kier alpha value is -2.54. The number of hydrogen-bond acceptors (Lipinski definition) is 5. The van der Waals surface area contributed by atoms with Crippen molar-refractivity contribution in [2.45, 2.75) is 51.6 Å². The monoisotopic (exact) mass is 380 g/mol. The molecule has 138 valence electrons. The number of thiophene rings is 1. The zero-order chi connectivity index (χ0) is 18.5. The van der Waals surface area contributed by atoms with E-state index in [1.807, 2.05) is 25.1 Å². The van der Waals surface area contributed by atoms with Crippen molar-refractivity contribution in [3.8, 4) is 0 Å². The fourth-order valence-corrected chi connectivity index (χ4v) is 5.56. The highest BCUT2D eigenvalue weighted by Gasteiger charge is 2.31. The predicted octanol–water partition coefficient (Wildman–Crippen LogP) is 2.71. The maximum atomic E-state index is 13.0. The van der Waals surface area contributed by atoms with Crippen molar-refractivity contribution in [3.63, 3.8) is 0 Å². The Morgan fingerprint density at radius 3 is 2.96 bits per heavy atom. The van der Waals surface area contributed by atoms with Gasteiger partial charge in [-0.25, -0.2) is 4.68 Å². The smallest absolute Gasteiger partial charge is 0.279 e. The molecule has 2 aromatic heterocycles. The number of carbonyl (C=O) groups is 1. The summed E-state index contributed by atoms with van der Waals surface area (Å²) in [6, 6.07) is 8.02. The summed E-state index contributed by atoms with van der Waals surface area (Å²) >= 11 is 1.58. The fraction of sp³-hybridized carbons (Fsp3) is 0.400. The quantitative estimate of drug-likeness (QED) is 0.686. The maximum absolute atomic E-state index is 13.0. The molecular weight excluding hydrogens is 360 g/mol. The molecule has 5 rings (SSSR count). The third-order valence-electron chi connectivity index (χ3n) is 5.61. The topological polar surface area (TPSA) is 68.1 Å². The van der Waals surface area contributed by atoms with Crippen molar-refractivity contribution < 1.29 is 4.79 Å². The van der Waals surface area contributed by atoms with Crippen LogP contribution in [0.5, 0.6) is 0 Å². The molecule has 3 heterocycles. The molecule has 1 atom stereocenters. The van der Waals surface area contributed by atoms with Gasteiger partial charge in [0.2, 0.25) is 5.91 Å². The summed E-state index contributed by atoms with van der Waals surface area (Å²) in [7, 11) is 0. The average Bonchev–Trinajstić information content (AvgIpc) is 3.21. The highest BCUT2D eigenvalue weighted by Crippen LogP contribution is 2.34. The van der Waals surface area contributed by atoms with Gasteiger partial charge in [-0.2, -0.15) is 0 Å². The lowest BCUT2D eigenvalue weighted by atomic mass is 9.97. The zero-order valence-electron chi connectivity index (χ0n) is 15.1. The minimum atomic E-state index is -0.187. The molecule has 0 fully saturated rings. The van der Waals surface area contributed by atoms with E-state index in [2.05, 4.69) is 16.4 Å². The first-order valence-electron chi connectivity index (χ1n) is 9.41. The Balaban J connectivity index is 1.51. The number of nitrogens with zero attached hydrogens (tertiary/aromatic N) is 4. The van der Waals surface area contributed by atoms with Gasteiger partial charge in [-0.05, 0) is 56.2 Å². The van der Waals surface area contributed by atoms with E-state index in [9.17, 15) is 9.59 Å². The van der Waals surface area contributed by atoms with Gasteiger partial charge < -0.3 is 4.90 Å². The Morgan fingerprint density at radius 1 is 1.26 bits per heavy atom. The summed E-state index contributed by atoms with van der Waals surface area (Å²) in [5.74, 6) is -0.118. The molecule has 1 aromatic carbocycles. The van der Waals surface area contributed by atoms with Crippen molar-refractivity contribution in [2.75, 3.05) is 4.90 Å². The first-order valence-corrected chi connectivity index (χ1v) is 10.2. The third-order valence-corrected chi connectivity index (χ3v) is 6.78. The lowest BCUT2D eigenvalue weighted by molar-refractivity contribution is -0.119. The van der Waals surface area contributed by atoms with Crippen LogP contribution in [0.1, 0.15) is 35.8 Å². The van der Waals surface area contributed by atoms with Crippen molar-refractivity contribution in [3.05, 3.63) is 50.6 Å². The van der Waals surface area contributed by atoms with Crippen molar-refractivity contribution >= 4 is 33.1 Å². The van der Waals surface area contributed by atoms with Crippen LogP contribution in [-0.4, -0.2) is 26.9 Å². The number of benzene rings is 1. The number of anilines is 1. The van der Waals surface area contributed by atoms with Crippen LogP contribution in [-0.2, 0) is 30.6 Å². The Kier molecular flexibility index (Phi) is 3.86. The van der Waals surface area contributed by atoms with Crippen LogP contribution in [0.2, 0.25) is 0 Å². The molecule has 1 aliphatic heterocycles. The van der Waals surface area contributed by atoms with E-state index < -0.39 is 0 Å². The summed E-state index contributed by atoms with van der Waals surface area (Å²) in [6.45, 7) is 1.95. The molecule has 3 aromatic rings. The molecule has 2 aliphatic rings. The number of amides is 1. The van der Waals surface area contributed by atoms with Gasteiger partial charge in [0, 0.05) is 16.6 Å². The number of aromatic nitrogens is 3. The van der Waals surface area contributed by atoms with Gasteiger partial charge in [-0.3, -0.25) is 9.59 Å². The first-order chi connectivity index (χ1) is 13.1. The molecule has 0 bridgehead atoms. The average molecular weight is 380 g/mol. The Morgan fingerprint density at radius 2 is 2.07 bits per heavy atom. The van der Waals surface area contributed by atoms with Gasteiger partial charge in [0.1, 0.15) is 6.54 Å². The van der Waals surface area contributed by atoms with E-state index in [0.717, 1.165) is 43.4 Å². The van der Waals surface area contributed by atoms with Crippen LogP contribution >= 0.6 is 11.3 Å². The van der Waals surface area contributed by atoms with E-state index in [1.165, 1.54) is 15.1 Å². The van der Waals surface area contributed by atoms with E-state index in [0.29, 0.717) is 10.2 Å². The molecule has 0 saturated carbocycles. The number of rotatable bonds is 2. The number of aryl methyl sites for hydroxylation is 2. The van der Waals surface area contributed by atoms with Gasteiger partial charge >= 0.3 is 0 Å². The third kappa shape index (κ3) is 2.60.